The van der Waals surface area contributed by atoms with Gasteiger partial charge in [0.05, 0.1) is 6.61 Å². The number of aliphatic hydroxyl groups excluding tert-OH is 1. The number of amides is 1. The number of aromatic nitrogens is 1. The van der Waals surface area contributed by atoms with E-state index in [1.807, 2.05) is 0 Å². The molecule has 1 aliphatic rings. The number of primary amides is 1. The van der Waals surface area contributed by atoms with Crippen LogP contribution in [0.2, 0.25) is 0 Å². The average molecular weight is 336 g/mol. The number of halogens is 1. The van der Waals surface area contributed by atoms with E-state index >= 15 is 0 Å². The summed E-state index contributed by atoms with van der Waals surface area (Å²) in [6.07, 6.45) is -3.54. The van der Waals surface area contributed by atoms with Crippen LogP contribution in [0.3, 0.4) is 0 Å². The fraction of sp³-hybridized carbons (Fsp3) is 0.455. The van der Waals surface area contributed by atoms with E-state index in [4.69, 9.17) is 15.4 Å². The van der Waals surface area contributed by atoms with Gasteiger partial charge >= 0.3 is 0 Å². The van der Waals surface area contributed by atoms with E-state index in [1.54, 1.807) is 0 Å². The third-order valence-electron chi connectivity index (χ3n) is 3.10. The molecule has 0 aromatic carbocycles. The van der Waals surface area contributed by atoms with Gasteiger partial charge in [0.25, 0.3) is 20.0 Å². The van der Waals surface area contributed by atoms with Crippen molar-refractivity contribution < 1.29 is 42.5 Å². The van der Waals surface area contributed by atoms with Gasteiger partial charge in [0, 0.05) is 6.07 Å². The fourth-order valence-electron chi connectivity index (χ4n) is 2.05. The maximum Gasteiger partial charge on any atom is 0.297 e. The molecular formula is C11H14FN2O7P. The molecule has 1 fully saturated rings. The van der Waals surface area contributed by atoms with Gasteiger partial charge in [-0.15, -0.1) is 0 Å². The van der Waals surface area contributed by atoms with Crippen molar-refractivity contribution in [2.75, 3.05) is 6.61 Å². The van der Waals surface area contributed by atoms with Crippen LogP contribution in [0.5, 0.6) is 0 Å². The Bertz CT molecular complexity index is 610. The van der Waals surface area contributed by atoms with Crippen LogP contribution in [0.15, 0.2) is 24.5 Å². The third-order valence-corrected chi connectivity index (χ3v) is 3.57. The first-order valence-electron chi connectivity index (χ1n) is 6.15. The molecule has 5 atom stereocenters. The number of nitrogens with zero attached hydrogens (tertiary/aromatic N) is 1. The van der Waals surface area contributed by atoms with Crippen LogP contribution in [-0.2, 0) is 13.8 Å². The number of aliphatic hydroxyl groups is 1. The lowest BCUT2D eigenvalue weighted by molar-refractivity contribution is -0.764. The van der Waals surface area contributed by atoms with Gasteiger partial charge in [-0.05, 0) is 6.07 Å². The maximum atomic E-state index is 14.1. The molecule has 9 nitrogen and oxygen atoms in total. The second-order valence-electron chi connectivity index (χ2n) is 4.67. The Morgan fingerprint density at radius 3 is 2.91 bits per heavy atom. The molecular weight excluding hydrogens is 322 g/mol. The smallest absolute Gasteiger partial charge is 0.297 e. The van der Waals surface area contributed by atoms with Crippen LogP contribution in [0.1, 0.15) is 16.6 Å². The summed E-state index contributed by atoms with van der Waals surface area (Å²) < 4.78 is 35.1. The van der Waals surface area contributed by atoms with Gasteiger partial charge in [0.1, 0.15) is 17.8 Å². The molecule has 22 heavy (non-hydrogen) atoms. The summed E-state index contributed by atoms with van der Waals surface area (Å²) in [5.74, 6) is -0.726. The molecule has 0 radical (unpaired) electrons. The Morgan fingerprint density at radius 2 is 2.32 bits per heavy atom. The molecule has 1 unspecified atom stereocenters. The zero-order valence-electron chi connectivity index (χ0n) is 11.1. The Labute approximate surface area is 124 Å². The minimum absolute atomic E-state index is 0.104. The highest BCUT2D eigenvalue weighted by molar-refractivity contribution is 7.44. The van der Waals surface area contributed by atoms with Crippen molar-refractivity contribution in [2.45, 2.75) is 24.6 Å². The van der Waals surface area contributed by atoms with E-state index in [1.165, 1.54) is 29.1 Å². The van der Waals surface area contributed by atoms with Crippen LogP contribution in [0.25, 0.3) is 0 Å². The number of carbonyl (C=O) groups is 1. The van der Waals surface area contributed by atoms with Gasteiger partial charge in [-0.25, -0.2) is 4.39 Å². The molecule has 0 aliphatic carbocycles. The SMILES string of the molecule is NC(=O)c1ccc[n+]([C@@H]2O[C@H](COP(=O)([O-])O)[C@@H](O)[C@H]2F)c1. The van der Waals surface area contributed by atoms with Crippen LogP contribution < -0.4 is 15.2 Å². The highest BCUT2D eigenvalue weighted by Gasteiger charge is 2.50. The number of hydrogen-bond acceptors (Lipinski definition) is 6. The van der Waals surface area contributed by atoms with Crippen LogP contribution in [0, 0.1) is 0 Å². The standard InChI is InChI=1S/C11H14FN2O7P/c12-8-9(15)7(5-20-22(17,18)19)21-11(8)14-3-1-2-6(4-14)10(13)16/h1-4,7-9,11,15H,5H2,(H3-,13,16,17,18,19)/t7-,8-,9-,11-/m1/s1. The van der Waals surface area contributed by atoms with Crippen molar-refractivity contribution in [3.8, 4) is 0 Å². The second kappa shape index (κ2) is 6.37. The quantitative estimate of drug-likeness (QED) is 0.422. The third kappa shape index (κ3) is 3.86. The summed E-state index contributed by atoms with van der Waals surface area (Å²) in [5, 5.41) is 9.71. The van der Waals surface area contributed by atoms with E-state index < -0.39 is 44.9 Å². The number of nitrogens with two attached hydrogens (primary N) is 1. The minimum atomic E-state index is -5.01. The molecule has 2 heterocycles. The molecule has 1 saturated heterocycles. The Morgan fingerprint density at radius 1 is 1.64 bits per heavy atom. The van der Waals surface area contributed by atoms with E-state index in [0.717, 1.165) is 0 Å². The summed E-state index contributed by atoms with van der Waals surface area (Å²) in [4.78, 5) is 30.1. The molecule has 0 saturated carbocycles. The van der Waals surface area contributed by atoms with Gasteiger partial charge in [0.2, 0.25) is 6.17 Å². The lowest BCUT2D eigenvalue weighted by atomic mass is 10.1. The van der Waals surface area contributed by atoms with Gasteiger partial charge in [-0.1, -0.05) is 0 Å². The van der Waals surface area contributed by atoms with Crippen LogP contribution in [0.4, 0.5) is 4.39 Å². The normalized spacial score (nSPS) is 30.9. The molecule has 1 amide bonds. The van der Waals surface area contributed by atoms with E-state index in [9.17, 15) is 23.7 Å². The number of hydrogen-bond donors (Lipinski definition) is 3. The molecule has 1 aromatic rings. The zero-order chi connectivity index (χ0) is 16.5. The molecule has 2 rings (SSSR count). The number of ether oxygens (including phenoxy) is 1. The highest BCUT2D eigenvalue weighted by Crippen LogP contribution is 2.34. The number of phosphoric ester groups is 1. The lowest BCUT2D eigenvalue weighted by Gasteiger charge is -2.19. The minimum Gasteiger partial charge on any atom is -0.756 e. The predicted molar refractivity (Wildman–Crippen MR) is 65.7 cm³/mol. The van der Waals surface area contributed by atoms with Crippen molar-refractivity contribution in [2.24, 2.45) is 5.73 Å². The van der Waals surface area contributed by atoms with Crippen molar-refractivity contribution in [3.63, 3.8) is 0 Å². The average Bonchev–Trinajstić information content (AvgIpc) is 2.72. The summed E-state index contributed by atoms with van der Waals surface area (Å²) in [5.41, 5.74) is 5.22. The summed E-state index contributed by atoms with van der Waals surface area (Å²) in [6, 6.07) is 2.85. The number of alkyl halides is 1. The van der Waals surface area contributed by atoms with Crippen LogP contribution >= 0.6 is 7.82 Å². The molecule has 0 bridgehead atoms. The predicted octanol–water partition coefficient (Wildman–Crippen LogP) is -1.85. The second-order valence-corrected chi connectivity index (χ2v) is 5.86. The maximum absolute atomic E-state index is 14.1. The monoisotopic (exact) mass is 336 g/mol. The van der Waals surface area contributed by atoms with Crippen molar-refractivity contribution in [1.82, 2.24) is 0 Å². The van der Waals surface area contributed by atoms with Gasteiger partial charge in [-0.3, -0.25) is 9.36 Å². The Kier molecular flexibility index (Phi) is 4.90. The van der Waals surface area contributed by atoms with Gasteiger partial charge in [0.15, 0.2) is 12.4 Å². The highest BCUT2D eigenvalue weighted by atomic mass is 31.2. The topological polar surface area (TPSA) is 146 Å². The van der Waals surface area contributed by atoms with Crippen molar-refractivity contribution >= 4 is 13.7 Å². The lowest BCUT2D eigenvalue weighted by Crippen LogP contribution is -2.45. The summed E-state index contributed by atoms with van der Waals surface area (Å²) >= 11 is 0. The van der Waals surface area contributed by atoms with Crippen molar-refractivity contribution in [3.05, 3.63) is 30.1 Å². The number of carbonyl (C=O) groups excluding carboxylic acids is 1. The molecule has 0 spiro atoms. The first-order valence-corrected chi connectivity index (χ1v) is 7.65. The zero-order valence-corrected chi connectivity index (χ0v) is 12.0. The molecule has 11 heteroatoms. The number of rotatable bonds is 5. The number of phosphoric acid groups is 1. The van der Waals surface area contributed by atoms with Gasteiger partial charge in [-0.2, -0.15) is 4.57 Å². The van der Waals surface area contributed by atoms with E-state index in [2.05, 4.69) is 4.52 Å². The first kappa shape index (κ1) is 16.9. The first-order chi connectivity index (χ1) is 10.2. The van der Waals surface area contributed by atoms with Crippen LogP contribution in [-0.4, -0.2) is 40.9 Å². The fourth-order valence-corrected chi connectivity index (χ4v) is 2.38. The molecule has 1 aromatic heterocycles. The molecule has 4 N–H and O–H groups in total. The number of pyridine rings is 1. The van der Waals surface area contributed by atoms with E-state index in [0.29, 0.717) is 0 Å². The summed E-state index contributed by atoms with van der Waals surface area (Å²) in [6.45, 7) is -0.745. The Hall–Kier alpha value is -1.42. The Balaban J connectivity index is 2.14. The molecule has 122 valence electrons. The van der Waals surface area contributed by atoms with E-state index in [-0.39, 0.29) is 5.56 Å². The summed E-state index contributed by atoms with van der Waals surface area (Å²) in [7, 11) is -5.01. The van der Waals surface area contributed by atoms with Crippen molar-refractivity contribution in [1.29, 1.82) is 0 Å². The van der Waals surface area contributed by atoms with Gasteiger partial charge < -0.3 is 29.9 Å². The molecule has 1 aliphatic heterocycles. The largest absolute Gasteiger partial charge is 0.756 e.